The Morgan fingerprint density at radius 3 is 1.30 bits per heavy atom. The van der Waals surface area contributed by atoms with Gasteiger partial charge in [-0.2, -0.15) is 0 Å². The molecule has 0 atom stereocenters. The molecule has 0 aliphatic carbocycles. The Kier molecular flexibility index (Phi) is 6.57. The summed E-state index contributed by atoms with van der Waals surface area (Å²) in [5.41, 5.74) is 6.75. The van der Waals surface area contributed by atoms with E-state index in [2.05, 4.69) is 0 Å². The molecule has 0 fully saturated rings. The van der Waals surface area contributed by atoms with Crippen molar-refractivity contribution in [2.75, 3.05) is 4.90 Å². The number of hydrogen-bond acceptors (Lipinski definition) is 1. The van der Waals surface area contributed by atoms with Crippen LogP contribution in [0.25, 0.3) is 66.4 Å². The molecule has 0 spiro atoms. The van der Waals surface area contributed by atoms with Crippen LogP contribution >= 0.6 is 0 Å². The molecule has 9 aromatic carbocycles. The number of nitrogens with zero attached hydrogens (tertiary/aromatic N) is 1. The molecule has 1 nitrogen and oxygen atoms in total. The summed E-state index contributed by atoms with van der Waals surface area (Å²) in [6.45, 7) is 0. The lowest BCUT2D eigenvalue weighted by atomic mass is 9.95. The van der Waals surface area contributed by atoms with Crippen LogP contribution in [0.15, 0.2) is 224 Å². The first-order valence-corrected chi connectivity index (χ1v) is 17.5. The van der Waals surface area contributed by atoms with E-state index in [4.69, 9.17) is 0 Å². The van der Waals surface area contributed by atoms with Gasteiger partial charge in [0.2, 0.25) is 0 Å². The monoisotopic (exact) mass is 683 g/mol. The fourth-order valence-corrected chi connectivity index (χ4v) is 6.71. The van der Waals surface area contributed by atoms with Crippen molar-refractivity contribution in [1.82, 2.24) is 0 Å². The first-order valence-electron chi connectivity index (χ1n) is 21.5. The van der Waals surface area contributed by atoms with Crippen LogP contribution in [0, 0.1) is 0 Å². The molecule has 53 heavy (non-hydrogen) atoms. The summed E-state index contributed by atoms with van der Waals surface area (Å²) < 4.78 is 75.3. The Bertz CT molecular complexity index is 3030. The summed E-state index contributed by atoms with van der Waals surface area (Å²) in [5.74, 6) is 0. The normalized spacial score (nSPS) is 13.1. The fraction of sp³-hybridized carbons (Fsp3) is 0. The minimum Gasteiger partial charge on any atom is -0.311 e. The minimum atomic E-state index is -0.392. The fourth-order valence-electron chi connectivity index (χ4n) is 6.71. The Labute approximate surface area is 323 Å². The third-order valence-corrected chi connectivity index (χ3v) is 9.44. The molecule has 0 N–H and O–H groups in total. The highest BCUT2D eigenvalue weighted by Gasteiger charge is 2.14. The van der Waals surface area contributed by atoms with Gasteiger partial charge in [0, 0.05) is 17.1 Å². The van der Waals surface area contributed by atoms with Gasteiger partial charge in [-0.25, -0.2) is 0 Å². The van der Waals surface area contributed by atoms with Gasteiger partial charge in [0.05, 0.1) is 11.0 Å². The molecule has 0 saturated carbocycles. The average Bonchev–Trinajstić information content (AvgIpc) is 3.31. The van der Waals surface area contributed by atoms with Crippen LogP contribution in [0.3, 0.4) is 0 Å². The van der Waals surface area contributed by atoms with Crippen LogP contribution in [0.4, 0.5) is 17.1 Å². The van der Waals surface area contributed by atoms with Crippen molar-refractivity contribution < 1.29 is 11.0 Å². The smallest absolute Gasteiger partial charge is 0.0645 e. The van der Waals surface area contributed by atoms with Crippen LogP contribution in [-0.2, 0) is 0 Å². The van der Waals surface area contributed by atoms with Gasteiger partial charge in [-0.3, -0.25) is 0 Å². The molecule has 0 heterocycles. The zero-order chi connectivity index (χ0) is 42.4. The Hall–Kier alpha value is -6.96. The maximum absolute atomic E-state index is 9.52. The largest absolute Gasteiger partial charge is 0.311 e. The summed E-state index contributed by atoms with van der Waals surface area (Å²) in [6, 6.07) is 52.8. The van der Waals surface area contributed by atoms with Crippen molar-refractivity contribution in [3.05, 3.63) is 224 Å². The lowest BCUT2D eigenvalue weighted by molar-refractivity contribution is 1.28. The Balaban J connectivity index is 1.21. The molecule has 0 saturated heterocycles. The van der Waals surface area contributed by atoms with Crippen LogP contribution in [-0.4, -0.2) is 0 Å². The first kappa shape index (κ1) is 24.3. The highest BCUT2D eigenvalue weighted by molar-refractivity contribution is 5.97. The molecule has 0 bridgehead atoms. The molecule has 0 unspecified atom stereocenters. The number of fused-ring (bicyclic) bond motifs is 1. The van der Waals surface area contributed by atoms with Crippen LogP contribution < -0.4 is 4.90 Å². The van der Waals surface area contributed by atoms with Gasteiger partial charge >= 0.3 is 0 Å². The van der Waals surface area contributed by atoms with Gasteiger partial charge in [-0.05, 0) is 109 Å². The second-order valence-corrected chi connectivity index (χ2v) is 12.7. The van der Waals surface area contributed by atoms with E-state index in [1.54, 1.807) is 30.3 Å². The van der Waals surface area contributed by atoms with E-state index in [1.807, 2.05) is 146 Å². The third kappa shape index (κ3) is 6.65. The van der Waals surface area contributed by atoms with Gasteiger partial charge < -0.3 is 4.90 Å². The number of anilines is 3. The first-order chi connectivity index (χ1) is 29.6. The van der Waals surface area contributed by atoms with Crippen molar-refractivity contribution in [3.8, 4) is 55.6 Å². The maximum atomic E-state index is 9.52. The third-order valence-electron chi connectivity index (χ3n) is 9.44. The van der Waals surface area contributed by atoms with Gasteiger partial charge in [-0.15, -0.1) is 0 Å². The van der Waals surface area contributed by atoms with E-state index in [0.29, 0.717) is 16.8 Å². The van der Waals surface area contributed by atoms with E-state index in [1.165, 1.54) is 4.90 Å². The SMILES string of the molecule is [2H]c1c([2H])c(N(c2ccc(-c3ccccc3)cc2)c2c([2H])c([2H])c(-c3cccc(-c4cccc5ccccc45)c3)c([2H])c2[2H])c([2H])c([2H])c1-c1ccc(-c2ccccc2)cc1. The van der Waals surface area contributed by atoms with E-state index >= 15 is 0 Å². The molecule has 0 amide bonds. The minimum absolute atomic E-state index is 0.106. The highest BCUT2D eigenvalue weighted by atomic mass is 15.1. The lowest BCUT2D eigenvalue weighted by Gasteiger charge is -2.26. The maximum Gasteiger partial charge on any atom is 0.0645 e. The molecular formula is C52H37N. The summed E-state index contributed by atoms with van der Waals surface area (Å²) in [7, 11) is 0. The van der Waals surface area contributed by atoms with Crippen LogP contribution in [0.2, 0.25) is 0 Å². The van der Waals surface area contributed by atoms with Gasteiger partial charge in [-0.1, -0.05) is 182 Å². The predicted molar refractivity (Wildman–Crippen MR) is 226 cm³/mol. The van der Waals surface area contributed by atoms with Crippen LogP contribution in [0.5, 0.6) is 0 Å². The quantitative estimate of drug-likeness (QED) is 0.154. The lowest BCUT2D eigenvalue weighted by Crippen LogP contribution is -2.09. The number of rotatable bonds is 8. The standard InChI is InChI=1S/C52H37N/c1-3-11-38(12-4-1)40-21-23-41(24-22-40)43-27-33-49(34-28-43)53(48-31-25-42(26-32-48)39-13-5-2-6-14-39)50-35-29-44(30-36-50)46-17-9-18-47(37-46)52-20-10-16-45-15-7-8-19-51(45)52/h1-37H/i27D,28D,29D,30D,33D,34D,35D,36D. The van der Waals surface area contributed by atoms with E-state index in [9.17, 15) is 11.0 Å². The Morgan fingerprint density at radius 1 is 0.283 bits per heavy atom. The molecule has 9 aromatic rings. The second-order valence-electron chi connectivity index (χ2n) is 12.7. The summed E-state index contributed by atoms with van der Waals surface area (Å²) in [4.78, 5) is 1.34. The molecule has 250 valence electrons. The van der Waals surface area contributed by atoms with E-state index < -0.39 is 12.1 Å². The summed E-state index contributed by atoms with van der Waals surface area (Å²) in [6.07, 6.45) is 0. The zero-order valence-corrected chi connectivity index (χ0v) is 28.7. The summed E-state index contributed by atoms with van der Waals surface area (Å²) >= 11 is 0. The number of benzene rings is 9. The van der Waals surface area contributed by atoms with Crippen molar-refractivity contribution in [1.29, 1.82) is 0 Å². The van der Waals surface area contributed by atoms with Crippen molar-refractivity contribution in [2.45, 2.75) is 0 Å². The molecule has 0 aliphatic heterocycles. The van der Waals surface area contributed by atoms with Crippen molar-refractivity contribution in [2.24, 2.45) is 0 Å². The van der Waals surface area contributed by atoms with Gasteiger partial charge in [0.15, 0.2) is 0 Å². The van der Waals surface area contributed by atoms with Crippen molar-refractivity contribution >= 4 is 27.8 Å². The molecule has 9 rings (SSSR count). The molecular weight excluding hydrogens is 639 g/mol. The van der Waals surface area contributed by atoms with Crippen molar-refractivity contribution in [3.63, 3.8) is 0 Å². The van der Waals surface area contributed by atoms with E-state index in [0.717, 1.165) is 44.2 Å². The topological polar surface area (TPSA) is 3.24 Å². The van der Waals surface area contributed by atoms with Crippen LogP contribution in [0.1, 0.15) is 11.0 Å². The second kappa shape index (κ2) is 14.3. The average molecular weight is 684 g/mol. The summed E-state index contributed by atoms with van der Waals surface area (Å²) in [5, 5.41) is 2.11. The van der Waals surface area contributed by atoms with E-state index in [-0.39, 0.29) is 58.8 Å². The molecule has 0 aromatic heterocycles. The highest BCUT2D eigenvalue weighted by Crippen LogP contribution is 2.39. The number of hydrogen-bond donors (Lipinski definition) is 0. The van der Waals surface area contributed by atoms with Gasteiger partial charge in [0.1, 0.15) is 0 Å². The Morgan fingerprint density at radius 2 is 0.698 bits per heavy atom. The van der Waals surface area contributed by atoms with Gasteiger partial charge in [0.25, 0.3) is 0 Å². The molecule has 0 aliphatic rings. The predicted octanol–water partition coefficient (Wildman–Crippen LogP) is 14.6. The zero-order valence-electron chi connectivity index (χ0n) is 36.7. The molecule has 0 radical (unpaired) electrons. The molecule has 1 heteroatoms.